The van der Waals surface area contributed by atoms with Crippen LogP contribution >= 0.6 is 11.8 Å². The molecule has 0 aliphatic heterocycles. The van der Waals surface area contributed by atoms with E-state index < -0.39 is 0 Å². The summed E-state index contributed by atoms with van der Waals surface area (Å²) in [5, 5.41) is 12.0. The van der Waals surface area contributed by atoms with Gasteiger partial charge in [-0.2, -0.15) is 0 Å². The third-order valence-corrected chi connectivity index (χ3v) is 1.99. The van der Waals surface area contributed by atoms with Crippen molar-refractivity contribution in [3.8, 4) is 0 Å². The molecule has 0 atom stereocenters. The molecule has 0 unspecified atom stereocenters. The van der Waals surface area contributed by atoms with E-state index in [-0.39, 0.29) is 6.61 Å². The Morgan fingerprint density at radius 2 is 2.00 bits per heavy atom. The lowest BCUT2D eigenvalue weighted by Crippen LogP contribution is -1.96. The molecule has 0 spiro atoms. The highest BCUT2D eigenvalue weighted by atomic mass is 32.2. The van der Waals surface area contributed by atoms with E-state index in [1.165, 1.54) is 0 Å². The summed E-state index contributed by atoms with van der Waals surface area (Å²) in [5.41, 5.74) is 2.05. The molecule has 1 rings (SSSR count). The van der Waals surface area contributed by atoms with Crippen molar-refractivity contribution in [1.82, 2.24) is 0 Å². The summed E-state index contributed by atoms with van der Waals surface area (Å²) in [6.07, 6.45) is 2.05. The lowest BCUT2D eigenvalue weighted by atomic mass is 10.2. The molecule has 0 amide bonds. The molecule has 0 fully saturated rings. The van der Waals surface area contributed by atoms with Crippen molar-refractivity contribution in [2.45, 2.75) is 6.61 Å². The highest BCUT2D eigenvalue weighted by molar-refractivity contribution is 7.98. The molecule has 0 aliphatic rings. The van der Waals surface area contributed by atoms with Gasteiger partial charge in [-0.05, 0) is 24.0 Å². The molecule has 0 aromatic heterocycles. The summed E-state index contributed by atoms with van der Waals surface area (Å²) in [6, 6.07) is 7.79. The van der Waals surface area contributed by atoms with Crippen LogP contribution < -0.4 is 5.32 Å². The summed E-state index contributed by atoms with van der Waals surface area (Å²) in [5.74, 6) is 0.915. The van der Waals surface area contributed by atoms with Crippen molar-refractivity contribution in [1.29, 1.82) is 0 Å². The van der Waals surface area contributed by atoms with Gasteiger partial charge in [-0.1, -0.05) is 12.1 Å². The average molecular weight is 183 g/mol. The number of aliphatic hydroxyl groups excluding tert-OH is 1. The molecule has 1 aromatic carbocycles. The first-order valence-electron chi connectivity index (χ1n) is 3.79. The molecule has 0 saturated heterocycles. The van der Waals surface area contributed by atoms with E-state index >= 15 is 0 Å². The van der Waals surface area contributed by atoms with Crippen LogP contribution in [-0.4, -0.2) is 17.2 Å². The number of nitrogens with one attached hydrogen (secondary N) is 1. The number of hydrogen-bond donors (Lipinski definition) is 2. The maximum Gasteiger partial charge on any atom is 0.0681 e. The smallest absolute Gasteiger partial charge is 0.0681 e. The second-order valence-electron chi connectivity index (χ2n) is 2.46. The first kappa shape index (κ1) is 9.42. The zero-order valence-electron chi connectivity index (χ0n) is 7.08. The van der Waals surface area contributed by atoms with Gasteiger partial charge in [-0.15, -0.1) is 11.8 Å². The highest BCUT2D eigenvalue weighted by Gasteiger charge is 1.91. The Kier molecular flexibility index (Phi) is 3.97. The Morgan fingerprint density at radius 3 is 2.50 bits per heavy atom. The van der Waals surface area contributed by atoms with Gasteiger partial charge in [0.25, 0.3) is 0 Å². The molecule has 12 heavy (non-hydrogen) atoms. The quantitative estimate of drug-likeness (QED) is 0.699. The lowest BCUT2D eigenvalue weighted by Gasteiger charge is -2.04. The summed E-state index contributed by atoms with van der Waals surface area (Å²) in [7, 11) is 0. The predicted molar refractivity (Wildman–Crippen MR) is 54.4 cm³/mol. The summed E-state index contributed by atoms with van der Waals surface area (Å²) >= 11 is 1.75. The van der Waals surface area contributed by atoms with Gasteiger partial charge in [0, 0.05) is 5.69 Å². The van der Waals surface area contributed by atoms with Crippen molar-refractivity contribution < 1.29 is 5.11 Å². The summed E-state index contributed by atoms with van der Waals surface area (Å²) in [6.45, 7) is 0.114. The van der Waals surface area contributed by atoms with Gasteiger partial charge in [-0.3, -0.25) is 0 Å². The molecule has 0 aliphatic carbocycles. The van der Waals surface area contributed by atoms with Gasteiger partial charge < -0.3 is 10.4 Å². The zero-order valence-corrected chi connectivity index (χ0v) is 7.90. The van der Waals surface area contributed by atoms with Crippen LogP contribution in [0.1, 0.15) is 5.56 Å². The van der Waals surface area contributed by atoms with E-state index in [2.05, 4.69) is 11.6 Å². The van der Waals surface area contributed by atoms with Crippen LogP contribution in [0.4, 0.5) is 5.69 Å². The van der Waals surface area contributed by atoms with Gasteiger partial charge >= 0.3 is 0 Å². The fourth-order valence-corrected chi connectivity index (χ4v) is 1.19. The Morgan fingerprint density at radius 1 is 1.33 bits per heavy atom. The SMILES string of the molecule is CSCNc1ccc(CO)cc1. The fourth-order valence-electron chi connectivity index (χ4n) is 0.884. The van der Waals surface area contributed by atoms with Crippen molar-refractivity contribution >= 4 is 17.4 Å². The Bertz CT molecular complexity index is 222. The topological polar surface area (TPSA) is 32.3 Å². The van der Waals surface area contributed by atoms with Crippen LogP contribution in [0.5, 0.6) is 0 Å². The normalized spacial score (nSPS) is 9.83. The molecule has 2 N–H and O–H groups in total. The first-order chi connectivity index (χ1) is 5.86. The Balaban J connectivity index is 2.53. The number of rotatable bonds is 4. The molecule has 0 radical (unpaired) electrons. The number of hydrogen-bond acceptors (Lipinski definition) is 3. The number of benzene rings is 1. The maximum atomic E-state index is 8.78. The molecule has 0 heterocycles. The second-order valence-corrected chi connectivity index (χ2v) is 3.33. The lowest BCUT2D eigenvalue weighted by molar-refractivity contribution is 0.282. The number of anilines is 1. The van der Waals surface area contributed by atoms with E-state index in [1.54, 1.807) is 11.8 Å². The van der Waals surface area contributed by atoms with Gasteiger partial charge in [0.15, 0.2) is 0 Å². The largest absolute Gasteiger partial charge is 0.392 e. The molecular formula is C9H13NOS. The van der Waals surface area contributed by atoms with Gasteiger partial charge in [-0.25, -0.2) is 0 Å². The maximum absolute atomic E-state index is 8.78. The predicted octanol–water partition coefficient (Wildman–Crippen LogP) is 1.91. The second kappa shape index (κ2) is 5.06. The van der Waals surface area contributed by atoms with Gasteiger partial charge in [0.05, 0.1) is 12.5 Å². The molecule has 0 bridgehead atoms. The third kappa shape index (κ3) is 2.75. The van der Waals surface area contributed by atoms with Crippen LogP contribution in [0.25, 0.3) is 0 Å². The molecule has 2 nitrogen and oxygen atoms in total. The van der Waals surface area contributed by atoms with E-state index in [4.69, 9.17) is 5.11 Å². The van der Waals surface area contributed by atoms with Crippen LogP contribution in [0, 0.1) is 0 Å². The fraction of sp³-hybridized carbons (Fsp3) is 0.333. The minimum absolute atomic E-state index is 0.114. The minimum atomic E-state index is 0.114. The van der Waals surface area contributed by atoms with Gasteiger partial charge in [0.1, 0.15) is 0 Å². The molecule has 66 valence electrons. The van der Waals surface area contributed by atoms with E-state index in [0.717, 1.165) is 17.1 Å². The van der Waals surface area contributed by atoms with Crippen LogP contribution in [0.15, 0.2) is 24.3 Å². The standard InChI is InChI=1S/C9H13NOS/c1-12-7-10-9-4-2-8(6-11)3-5-9/h2-5,10-11H,6-7H2,1H3. The monoisotopic (exact) mass is 183 g/mol. The van der Waals surface area contributed by atoms with Crippen molar-refractivity contribution in [3.05, 3.63) is 29.8 Å². The van der Waals surface area contributed by atoms with Crippen molar-refractivity contribution in [3.63, 3.8) is 0 Å². The first-order valence-corrected chi connectivity index (χ1v) is 5.19. The highest BCUT2D eigenvalue weighted by Crippen LogP contribution is 2.10. The number of thioether (sulfide) groups is 1. The van der Waals surface area contributed by atoms with Crippen molar-refractivity contribution in [2.24, 2.45) is 0 Å². The Labute approximate surface area is 77.0 Å². The zero-order chi connectivity index (χ0) is 8.81. The van der Waals surface area contributed by atoms with Crippen LogP contribution in [-0.2, 0) is 6.61 Å². The molecule has 0 saturated carbocycles. The van der Waals surface area contributed by atoms with E-state index in [1.807, 2.05) is 24.3 Å². The summed E-state index contributed by atoms with van der Waals surface area (Å²) in [4.78, 5) is 0. The molecular weight excluding hydrogens is 170 g/mol. The number of aliphatic hydroxyl groups is 1. The summed E-state index contributed by atoms with van der Waals surface area (Å²) < 4.78 is 0. The minimum Gasteiger partial charge on any atom is -0.392 e. The van der Waals surface area contributed by atoms with E-state index in [9.17, 15) is 0 Å². The van der Waals surface area contributed by atoms with Gasteiger partial charge in [0.2, 0.25) is 0 Å². The Hall–Kier alpha value is -0.670. The van der Waals surface area contributed by atoms with Crippen molar-refractivity contribution in [2.75, 3.05) is 17.4 Å². The van der Waals surface area contributed by atoms with E-state index in [0.29, 0.717) is 0 Å². The molecule has 1 aromatic rings. The van der Waals surface area contributed by atoms with Crippen LogP contribution in [0.3, 0.4) is 0 Å². The molecule has 3 heteroatoms. The third-order valence-electron chi connectivity index (χ3n) is 1.56. The van der Waals surface area contributed by atoms with Crippen LogP contribution in [0.2, 0.25) is 0 Å². The average Bonchev–Trinajstić information content (AvgIpc) is 2.15.